The second-order valence-electron chi connectivity index (χ2n) is 4.59. The molecule has 1 heterocycles. The molecule has 4 heteroatoms. The maximum absolute atomic E-state index is 11.9. The summed E-state index contributed by atoms with van der Waals surface area (Å²) >= 11 is 5.80. The Labute approximate surface area is 107 Å². The fraction of sp³-hybridized carbons (Fsp3) is 0.462. The summed E-state index contributed by atoms with van der Waals surface area (Å²) in [7, 11) is 0. The molecular weight excluding hydrogens is 236 g/mol. The highest BCUT2D eigenvalue weighted by Crippen LogP contribution is 2.16. The summed E-state index contributed by atoms with van der Waals surface area (Å²) in [4.78, 5) is 11.9. The maximum atomic E-state index is 11.9. The quantitative estimate of drug-likeness (QED) is 0.862. The van der Waals surface area contributed by atoms with Crippen molar-refractivity contribution in [2.75, 3.05) is 13.1 Å². The molecule has 0 spiro atoms. The largest absolute Gasteiger partial charge is 0.352 e. The molecule has 2 atom stereocenters. The lowest BCUT2D eigenvalue weighted by atomic mass is 9.97. The number of benzene rings is 1. The standard InChI is InChI=1S/C13H17ClN2O/c1-9-6-15-8-12(9)13(17)16-7-10-2-4-11(14)5-3-10/h2-5,9,12,15H,6-8H2,1H3,(H,16,17)/t9-,12-/m1/s1. The average Bonchev–Trinajstić information content (AvgIpc) is 2.74. The number of rotatable bonds is 3. The van der Waals surface area contributed by atoms with E-state index in [0.29, 0.717) is 17.5 Å². The third kappa shape index (κ3) is 3.20. The lowest BCUT2D eigenvalue weighted by Gasteiger charge is -2.14. The molecule has 2 rings (SSSR count). The van der Waals surface area contributed by atoms with E-state index in [1.54, 1.807) is 0 Å². The van der Waals surface area contributed by atoms with Gasteiger partial charge in [-0.25, -0.2) is 0 Å². The topological polar surface area (TPSA) is 41.1 Å². The first kappa shape index (κ1) is 12.4. The molecule has 1 aromatic rings. The van der Waals surface area contributed by atoms with Crippen LogP contribution >= 0.6 is 11.6 Å². The number of hydrogen-bond donors (Lipinski definition) is 2. The molecule has 1 fully saturated rings. The fourth-order valence-electron chi connectivity index (χ4n) is 2.08. The maximum Gasteiger partial charge on any atom is 0.224 e. The van der Waals surface area contributed by atoms with Crippen LogP contribution in [0.3, 0.4) is 0 Å². The van der Waals surface area contributed by atoms with Gasteiger partial charge in [-0.05, 0) is 30.2 Å². The summed E-state index contributed by atoms with van der Waals surface area (Å²) in [5.74, 6) is 0.653. The molecule has 17 heavy (non-hydrogen) atoms. The Bertz CT molecular complexity index is 391. The third-order valence-corrected chi connectivity index (χ3v) is 3.49. The van der Waals surface area contributed by atoms with E-state index in [-0.39, 0.29) is 11.8 Å². The van der Waals surface area contributed by atoms with Crippen LogP contribution in [0.4, 0.5) is 0 Å². The van der Waals surface area contributed by atoms with Crippen molar-refractivity contribution in [3.8, 4) is 0 Å². The Morgan fingerprint density at radius 2 is 2.12 bits per heavy atom. The molecule has 0 saturated carbocycles. The van der Waals surface area contributed by atoms with E-state index in [0.717, 1.165) is 18.7 Å². The zero-order chi connectivity index (χ0) is 12.3. The monoisotopic (exact) mass is 252 g/mol. The summed E-state index contributed by atoms with van der Waals surface area (Å²) in [6, 6.07) is 7.53. The SMILES string of the molecule is C[C@@H]1CNC[C@H]1C(=O)NCc1ccc(Cl)cc1. The number of amides is 1. The number of hydrogen-bond acceptors (Lipinski definition) is 2. The molecule has 2 N–H and O–H groups in total. The highest BCUT2D eigenvalue weighted by molar-refractivity contribution is 6.30. The number of halogens is 1. The normalized spacial score (nSPS) is 23.6. The van der Waals surface area contributed by atoms with E-state index < -0.39 is 0 Å². The van der Waals surface area contributed by atoms with Crippen molar-refractivity contribution in [3.05, 3.63) is 34.9 Å². The molecule has 3 nitrogen and oxygen atoms in total. The first-order valence-corrected chi connectivity index (χ1v) is 6.27. The molecule has 1 amide bonds. The Morgan fingerprint density at radius 1 is 1.41 bits per heavy atom. The molecule has 92 valence electrons. The van der Waals surface area contributed by atoms with Gasteiger partial charge in [0.05, 0.1) is 5.92 Å². The van der Waals surface area contributed by atoms with Crippen LogP contribution in [-0.4, -0.2) is 19.0 Å². The van der Waals surface area contributed by atoms with Crippen molar-refractivity contribution >= 4 is 17.5 Å². The first-order valence-electron chi connectivity index (χ1n) is 5.89. The van der Waals surface area contributed by atoms with Gasteiger partial charge in [0.2, 0.25) is 5.91 Å². The molecule has 0 aromatic heterocycles. The van der Waals surface area contributed by atoms with E-state index in [2.05, 4.69) is 17.6 Å². The fourth-order valence-corrected chi connectivity index (χ4v) is 2.21. The van der Waals surface area contributed by atoms with Crippen LogP contribution in [-0.2, 0) is 11.3 Å². The van der Waals surface area contributed by atoms with Gasteiger partial charge in [-0.15, -0.1) is 0 Å². The van der Waals surface area contributed by atoms with E-state index in [1.807, 2.05) is 24.3 Å². The van der Waals surface area contributed by atoms with Gasteiger partial charge in [-0.2, -0.15) is 0 Å². The highest BCUT2D eigenvalue weighted by atomic mass is 35.5. The summed E-state index contributed by atoms with van der Waals surface area (Å²) in [5.41, 5.74) is 1.07. The van der Waals surface area contributed by atoms with Crippen LogP contribution in [0.2, 0.25) is 5.02 Å². The zero-order valence-electron chi connectivity index (χ0n) is 9.87. The van der Waals surface area contributed by atoms with Gasteiger partial charge in [0.15, 0.2) is 0 Å². The molecule has 0 radical (unpaired) electrons. The van der Waals surface area contributed by atoms with Gasteiger partial charge < -0.3 is 10.6 Å². The summed E-state index contributed by atoms with van der Waals surface area (Å²) < 4.78 is 0. The number of carbonyl (C=O) groups excluding carboxylic acids is 1. The molecule has 0 bridgehead atoms. The second-order valence-corrected chi connectivity index (χ2v) is 5.02. The van der Waals surface area contributed by atoms with Crippen molar-refractivity contribution in [2.45, 2.75) is 13.5 Å². The van der Waals surface area contributed by atoms with E-state index in [9.17, 15) is 4.79 Å². The van der Waals surface area contributed by atoms with Gasteiger partial charge >= 0.3 is 0 Å². The highest BCUT2D eigenvalue weighted by Gasteiger charge is 2.29. The molecular formula is C13H17ClN2O. The summed E-state index contributed by atoms with van der Waals surface area (Å²) in [6.45, 7) is 4.39. The van der Waals surface area contributed by atoms with Crippen molar-refractivity contribution in [3.63, 3.8) is 0 Å². The van der Waals surface area contributed by atoms with Crippen molar-refractivity contribution < 1.29 is 4.79 Å². The van der Waals surface area contributed by atoms with Crippen molar-refractivity contribution in [1.29, 1.82) is 0 Å². The molecule has 0 unspecified atom stereocenters. The lowest BCUT2D eigenvalue weighted by Crippen LogP contribution is -2.33. The van der Waals surface area contributed by atoms with Gasteiger partial charge in [0.1, 0.15) is 0 Å². The van der Waals surface area contributed by atoms with Crippen molar-refractivity contribution in [1.82, 2.24) is 10.6 Å². The van der Waals surface area contributed by atoms with Crippen LogP contribution in [0.1, 0.15) is 12.5 Å². The lowest BCUT2D eigenvalue weighted by molar-refractivity contribution is -0.125. The minimum Gasteiger partial charge on any atom is -0.352 e. The summed E-state index contributed by atoms with van der Waals surface area (Å²) in [6.07, 6.45) is 0. The number of nitrogens with one attached hydrogen (secondary N) is 2. The Balaban J connectivity index is 1.85. The van der Waals surface area contributed by atoms with E-state index in [4.69, 9.17) is 11.6 Å². The Kier molecular flexibility index (Phi) is 4.02. The molecule has 1 saturated heterocycles. The smallest absolute Gasteiger partial charge is 0.224 e. The Hall–Kier alpha value is -1.06. The molecule has 1 aromatic carbocycles. The van der Waals surface area contributed by atoms with Crippen LogP contribution < -0.4 is 10.6 Å². The number of carbonyl (C=O) groups is 1. The van der Waals surface area contributed by atoms with Gasteiger partial charge in [-0.3, -0.25) is 4.79 Å². The average molecular weight is 253 g/mol. The molecule has 1 aliphatic rings. The van der Waals surface area contributed by atoms with Crippen LogP contribution in [0.15, 0.2) is 24.3 Å². The second kappa shape index (κ2) is 5.52. The van der Waals surface area contributed by atoms with Crippen LogP contribution in [0, 0.1) is 11.8 Å². The predicted octanol–water partition coefficient (Wildman–Crippen LogP) is 1.81. The predicted molar refractivity (Wildman–Crippen MR) is 68.8 cm³/mol. The van der Waals surface area contributed by atoms with Gasteiger partial charge in [-0.1, -0.05) is 30.7 Å². The van der Waals surface area contributed by atoms with E-state index in [1.165, 1.54) is 0 Å². The van der Waals surface area contributed by atoms with Crippen LogP contribution in [0.5, 0.6) is 0 Å². The minimum atomic E-state index is 0.0994. The van der Waals surface area contributed by atoms with Gasteiger partial charge in [0, 0.05) is 18.1 Å². The first-order chi connectivity index (χ1) is 8.16. The molecule has 1 aliphatic heterocycles. The third-order valence-electron chi connectivity index (χ3n) is 3.23. The van der Waals surface area contributed by atoms with Gasteiger partial charge in [0.25, 0.3) is 0 Å². The summed E-state index contributed by atoms with van der Waals surface area (Å²) in [5, 5.41) is 6.92. The van der Waals surface area contributed by atoms with Crippen LogP contribution in [0.25, 0.3) is 0 Å². The minimum absolute atomic E-state index is 0.0994. The van der Waals surface area contributed by atoms with E-state index >= 15 is 0 Å². The van der Waals surface area contributed by atoms with Crippen molar-refractivity contribution in [2.24, 2.45) is 11.8 Å². The Morgan fingerprint density at radius 3 is 2.71 bits per heavy atom. The zero-order valence-corrected chi connectivity index (χ0v) is 10.6. The molecule has 0 aliphatic carbocycles.